The van der Waals surface area contributed by atoms with Crippen LogP contribution in [-0.2, 0) is 9.47 Å². The third-order valence-electron chi connectivity index (χ3n) is 6.81. The summed E-state index contributed by atoms with van der Waals surface area (Å²) < 4.78 is 17.8. The summed E-state index contributed by atoms with van der Waals surface area (Å²) in [4.78, 5) is 34.3. The van der Waals surface area contributed by atoms with Crippen molar-refractivity contribution in [2.45, 2.75) is 39.4 Å². The lowest BCUT2D eigenvalue weighted by Crippen LogP contribution is -2.49. The molecule has 2 amide bonds. The molecule has 3 heterocycles. The van der Waals surface area contributed by atoms with E-state index in [1.54, 1.807) is 30.9 Å². The SMILES string of the molecule is Cc1c(Oc2ccccc2)ccc(NC(=O)c2csc(-c3ccnnc3)n2)c1N1CCO[C@H](CN(C)C(=O)OC(C)(C)C)C1. The van der Waals surface area contributed by atoms with Crippen LogP contribution in [0.4, 0.5) is 16.2 Å². The molecule has 0 aliphatic carbocycles. The van der Waals surface area contributed by atoms with Crippen LogP contribution in [0, 0.1) is 6.92 Å². The summed E-state index contributed by atoms with van der Waals surface area (Å²) in [7, 11) is 1.70. The molecular weight excluding hydrogens is 580 g/mol. The van der Waals surface area contributed by atoms with Crippen molar-refractivity contribution >= 4 is 34.7 Å². The van der Waals surface area contributed by atoms with Gasteiger partial charge in [-0.05, 0) is 58.0 Å². The summed E-state index contributed by atoms with van der Waals surface area (Å²) in [5.74, 6) is 1.04. The number of morpholine rings is 1. The summed E-state index contributed by atoms with van der Waals surface area (Å²) in [6.45, 7) is 9.34. The first kappa shape index (κ1) is 30.9. The van der Waals surface area contributed by atoms with Gasteiger partial charge in [-0.15, -0.1) is 11.3 Å². The van der Waals surface area contributed by atoms with E-state index < -0.39 is 11.7 Å². The zero-order valence-corrected chi connectivity index (χ0v) is 26.3. The van der Waals surface area contributed by atoms with Gasteiger partial charge >= 0.3 is 6.09 Å². The number of benzene rings is 2. The highest BCUT2D eigenvalue weighted by Crippen LogP contribution is 2.39. The van der Waals surface area contributed by atoms with Gasteiger partial charge in [0, 0.05) is 36.6 Å². The standard InChI is InChI=1S/C32H36N6O5S/c1-21-27(42-23-9-7-6-8-10-23)12-11-25(35-29(39)26-20-44-30(36-26)22-13-14-33-34-17-22)28(21)38-15-16-41-24(19-38)18-37(5)31(40)43-32(2,3)4/h6-14,17,20,24H,15-16,18-19H2,1-5H3,(H,35,39)/t24-/m1/s1. The molecule has 0 unspecified atom stereocenters. The summed E-state index contributed by atoms with van der Waals surface area (Å²) in [6.07, 6.45) is 2.51. The minimum Gasteiger partial charge on any atom is -0.457 e. The second-order valence-electron chi connectivity index (χ2n) is 11.4. The van der Waals surface area contributed by atoms with Crippen molar-refractivity contribution in [1.29, 1.82) is 0 Å². The quantitative estimate of drug-likeness (QED) is 0.253. The third-order valence-corrected chi connectivity index (χ3v) is 7.70. The molecule has 1 fully saturated rings. The third kappa shape index (κ3) is 7.69. The molecule has 1 aliphatic rings. The first-order valence-corrected chi connectivity index (χ1v) is 15.2. The predicted molar refractivity (Wildman–Crippen MR) is 170 cm³/mol. The van der Waals surface area contributed by atoms with E-state index in [0.717, 1.165) is 16.8 Å². The van der Waals surface area contributed by atoms with E-state index >= 15 is 0 Å². The number of hydrogen-bond donors (Lipinski definition) is 1. The van der Waals surface area contributed by atoms with Gasteiger partial charge in [0.25, 0.3) is 5.91 Å². The average Bonchev–Trinajstić information content (AvgIpc) is 3.50. The second kappa shape index (κ2) is 13.4. The Balaban J connectivity index is 1.40. The van der Waals surface area contributed by atoms with E-state index in [1.165, 1.54) is 16.2 Å². The van der Waals surface area contributed by atoms with Crippen LogP contribution in [0.2, 0.25) is 0 Å². The summed E-state index contributed by atoms with van der Waals surface area (Å²) in [5.41, 5.74) is 2.78. The average molecular weight is 617 g/mol. The van der Waals surface area contributed by atoms with Gasteiger partial charge < -0.3 is 29.3 Å². The van der Waals surface area contributed by atoms with Crippen molar-refractivity contribution < 1.29 is 23.8 Å². The maximum absolute atomic E-state index is 13.5. The van der Waals surface area contributed by atoms with Crippen LogP contribution in [0.3, 0.4) is 0 Å². The summed E-state index contributed by atoms with van der Waals surface area (Å²) in [5, 5.41) is 13.2. The van der Waals surface area contributed by atoms with Gasteiger partial charge in [0.05, 0.1) is 43.0 Å². The Morgan fingerprint density at radius 2 is 1.93 bits per heavy atom. The lowest BCUT2D eigenvalue weighted by Gasteiger charge is -2.38. The molecule has 12 heteroatoms. The van der Waals surface area contributed by atoms with Crippen LogP contribution in [-0.4, -0.2) is 77.1 Å². The second-order valence-corrected chi connectivity index (χ2v) is 12.3. The number of rotatable bonds is 8. The van der Waals surface area contributed by atoms with Crippen LogP contribution in [0.15, 0.2) is 66.3 Å². The Kier molecular flexibility index (Phi) is 9.40. The number of amides is 2. The molecule has 0 spiro atoms. The molecule has 5 rings (SSSR count). The van der Waals surface area contributed by atoms with Gasteiger partial charge in [-0.25, -0.2) is 9.78 Å². The maximum Gasteiger partial charge on any atom is 0.410 e. The van der Waals surface area contributed by atoms with Crippen LogP contribution in [0.1, 0.15) is 36.8 Å². The fraction of sp³-hybridized carbons (Fsp3) is 0.344. The molecule has 4 aromatic rings. The molecule has 0 radical (unpaired) electrons. The topological polar surface area (TPSA) is 119 Å². The van der Waals surface area contributed by atoms with E-state index in [1.807, 2.05) is 70.2 Å². The number of nitrogens with one attached hydrogen (secondary N) is 1. The molecule has 1 saturated heterocycles. The number of likely N-dealkylation sites (N-methyl/N-ethyl adjacent to an activating group) is 1. The molecule has 2 aromatic heterocycles. The van der Waals surface area contributed by atoms with E-state index in [-0.39, 0.29) is 12.0 Å². The Bertz CT molecular complexity index is 1590. The van der Waals surface area contributed by atoms with E-state index in [9.17, 15) is 9.59 Å². The normalized spacial score (nSPS) is 15.0. The number of anilines is 2. The van der Waals surface area contributed by atoms with Gasteiger partial charge in [0.1, 0.15) is 27.8 Å². The largest absolute Gasteiger partial charge is 0.457 e. The Morgan fingerprint density at radius 1 is 1.14 bits per heavy atom. The fourth-order valence-corrected chi connectivity index (χ4v) is 5.57. The van der Waals surface area contributed by atoms with Gasteiger partial charge in [-0.3, -0.25) is 4.79 Å². The number of ether oxygens (including phenoxy) is 3. The van der Waals surface area contributed by atoms with Crippen molar-refractivity contribution in [3.63, 3.8) is 0 Å². The van der Waals surface area contributed by atoms with E-state index in [2.05, 4.69) is 25.4 Å². The Hall–Kier alpha value is -4.55. The summed E-state index contributed by atoms with van der Waals surface area (Å²) >= 11 is 1.36. The highest BCUT2D eigenvalue weighted by Gasteiger charge is 2.29. The Morgan fingerprint density at radius 3 is 2.66 bits per heavy atom. The van der Waals surface area contributed by atoms with Crippen LogP contribution in [0.25, 0.3) is 10.6 Å². The monoisotopic (exact) mass is 616 g/mol. The lowest BCUT2D eigenvalue weighted by atomic mass is 10.1. The number of hydrogen-bond acceptors (Lipinski definition) is 10. The minimum absolute atomic E-state index is 0.280. The van der Waals surface area contributed by atoms with E-state index in [4.69, 9.17) is 14.2 Å². The van der Waals surface area contributed by atoms with Gasteiger partial charge in [0.2, 0.25) is 0 Å². The zero-order chi connectivity index (χ0) is 31.3. The first-order chi connectivity index (χ1) is 21.1. The number of para-hydroxylation sites is 1. The zero-order valence-electron chi connectivity index (χ0n) is 25.4. The van der Waals surface area contributed by atoms with Crippen molar-refractivity contribution in [3.05, 3.63) is 77.6 Å². The molecule has 1 atom stereocenters. The summed E-state index contributed by atoms with van der Waals surface area (Å²) in [6, 6.07) is 15.0. The molecule has 0 saturated carbocycles. The molecule has 230 valence electrons. The molecule has 11 nitrogen and oxygen atoms in total. The number of aromatic nitrogens is 3. The first-order valence-electron chi connectivity index (χ1n) is 14.3. The number of thiazole rings is 1. The Labute approximate surface area is 260 Å². The predicted octanol–water partition coefficient (Wildman–Crippen LogP) is 6.03. The molecule has 44 heavy (non-hydrogen) atoms. The number of nitrogens with zero attached hydrogens (tertiary/aromatic N) is 5. The van der Waals surface area contributed by atoms with Crippen LogP contribution >= 0.6 is 11.3 Å². The molecule has 1 aliphatic heterocycles. The van der Waals surface area contributed by atoms with Crippen molar-refractivity contribution in [2.75, 3.05) is 43.5 Å². The smallest absolute Gasteiger partial charge is 0.410 e. The highest BCUT2D eigenvalue weighted by molar-refractivity contribution is 7.13. The molecular formula is C32H36N6O5S. The highest BCUT2D eigenvalue weighted by atomic mass is 32.1. The number of carbonyl (C=O) groups is 2. The molecule has 0 bridgehead atoms. The lowest BCUT2D eigenvalue weighted by molar-refractivity contribution is -0.00135. The van der Waals surface area contributed by atoms with Crippen LogP contribution in [0.5, 0.6) is 11.5 Å². The fourth-order valence-electron chi connectivity index (χ4n) is 4.78. The van der Waals surface area contributed by atoms with Gasteiger partial charge in [0.15, 0.2) is 0 Å². The van der Waals surface area contributed by atoms with Crippen LogP contribution < -0.4 is 15.0 Å². The minimum atomic E-state index is -0.596. The van der Waals surface area contributed by atoms with Gasteiger partial charge in [-0.1, -0.05) is 18.2 Å². The van der Waals surface area contributed by atoms with E-state index in [0.29, 0.717) is 54.1 Å². The van der Waals surface area contributed by atoms with Crippen molar-refractivity contribution in [3.8, 4) is 22.1 Å². The molecule has 1 N–H and O–H groups in total. The number of carbonyl (C=O) groups excluding carboxylic acids is 2. The van der Waals surface area contributed by atoms with Crippen molar-refractivity contribution in [1.82, 2.24) is 20.1 Å². The molecule has 2 aromatic carbocycles. The maximum atomic E-state index is 13.5. The van der Waals surface area contributed by atoms with Gasteiger partial charge in [-0.2, -0.15) is 10.2 Å². The van der Waals surface area contributed by atoms with Crippen molar-refractivity contribution in [2.24, 2.45) is 0 Å².